The van der Waals surface area contributed by atoms with Crippen molar-refractivity contribution in [1.29, 1.82) is 5.26 Å². The molecule has 0 spiro atoms. The molecule has 1 aliphatic rings. The van der Waals surface area contributed by atoms with Crippen LogP contribution in [0.1, 0.15) is 11.1 Å². The van der Waals surface area contributed by atoms with E-state index in [4.69, 9.17) is 14.2 Å². The molecule has 2 aromatic carbocycles. The van der Waals surface area contributed by atoms with Gasteiger partial charge in [-0.3, -0.25) is 4.90 Å². The zero-order chi connectivity index (χ0) is 20.9. The van der Waals surface area contributed by atoms with E-state index in [0.29, 0.717) is 30.3 Å². The Labute approximate surface area is 175 Å². The van der Waals surface area contributed by atoms with Gasteiger partial charge in [-0.1, -0.05) is 18.2 Å². The third-order valence-corrected chi connectivity index (χ3v) is 5.24. The summed E-state index contributed by atoms with van der Waals surface area (Å²) >= 11 is 0. The van der Waals surface area contributed by atoms with Crippen molar-refractivity contribution in [3.05, 3.63) is 59.7 Å². The van der Waals surface area contributed by atoms with E-state index in [-0.39, 0.29) is 0 Å². The van der Waals surface area contributed by atoms with Gasteiger partial charge in [-0.15, -0.1) is 0 Å². The largest absolute Gasteiger partial charge is 0.493 e. The van der Waals surface area contributed by atoms with Crippen molar-refractivity contribution in [3.8, 4) is 17.6 Å². The smallest absolute Gasteiger partial charge is 0.282 e. The van der Waals surface area contributed by atoms with Gasteiger partial charge in [0.1, 0.15) is 18.6 Å². The number of fused-ring (bicyclic) bond motifs is 1. The average Bonchev–Trinajstić information content (AvgIpc) is 2.82. The quantitative estimate of drug-likeness (QED) is 0.610. The maximum Gasteiger partial charge on any atom is 0.282 e. The second-order valence-corrected chi connectivity index (χ2v) is 7.00. The Morgan fingerprint density at radius 2 is 1.83 bits per heavy atom. The molecule has 6 heteroatoms. The van der Waals surface area contributed by atoms with E-state index < -0.39 is 0 Å². The molecule has 4 rings (SSSR count). The summed E-state index contributed by atoms with van der Waals surface area (Å²) in [5, 5.41) is 11.0. The number of ether oxygens (including phenoxy) is 3. The van der Waals surface area contributed by atoms with Crippen molar-refractivity contribution in [1.82, 2.24) is 0 Å². The van der Waals surface area contributed by atoms with Gasteiger partial charge in [0.25, 0.3) is 5.82 Å². The Morgan fingerprint density at radius 1 is 1.07 bits per heavy atom. The van der Waals surface area contributed by atoms with E-state index in [1.807, 2.05) is 36.4 Å². The fourth-order valence-corrected chi connectivity index (χ4v) is 3.67. The van der Waals surface area contributed by atoms with Crippen LogP contribution in [-0.4, -0.2) is 40.5 Å². The maximum absolute atomic E-state index is 9.91. The molecule has 1 fully saturated rings. The Morgan fingerprint density at radius 3 is 2.57 bits per heavy atom. The van der Waals surface area contributed by atoms with Crippen molar-refractivity contribution in [2.24, 2.45) is 0 Å². The first kappa shape index (κ1) is 19.7. The summed E-state index contributed by atoms with van der Waals surface area (Å²) in [6.07, 6.45) is 1.93. The molecule has 1 aromatic heterocycles. The molecule has 6 nitrogen and oxygen atoms in total. The van der Waals surface area contributed by atoms with Gasteiger partial charge in [-0.05, 0) is 42.0 Å². The van der Waals surface area contributed by atoms with Crippen LogP contribution in [0.2, 0.25) is 0 Å². The average molecular weight is 402 g/mol. The van der Waals surface area contributed by atoms with Gasteiger partial charge in [0.05, 0.1) is 44.6 Å². The summed E-state index contributed by atoms with van der Waals surface area (Å²) in [6, 6.07) is 18.1. The Hall–Kier alpha value is -3.56. The third kappa shape index (κ3) is 3.93. The van der Waals surface area contributed by atoms with Gasteiger partial charge >= 0.3 is 0 Å². The first-order chi connectivity index (χ1) is 14.7. The Kier molecular flexibility index (Phi) is 5.82. The number of para-hydroxylation sites is 1. The number of benzene rings is 2. The zero-order valence-corrected chi connectivity index (χ0v) is 17.1. The van der Waals surface area contributed by atoms with E-state index in [2.05, 4.69) is 34.2 Å². The van der Waals surface area contributed by atoms with Crippen LogP contribution in [0.15, 0.2) is 48.5 Å². The van der Waals surface area contributed by atoms with E-state index in [0.717, 1.165) is 40.9 Å². The summed E-state index contributed by atoms with van der Waals surface area (Å²) in [5.74, 6) is 2.21. The number of aromatic nitrogens is 1. The van der Waals surface area contributed by atoms with Crippen LogP contribution in [0.4, 0.5) is 5.82 Å². The first-order valence-corrected chi connectivity index (χ1v) is 9.85. The van der Waals surface area contributed by atoms with Crippen molar-refractivity contribution in [3.63, 3.8) is 0 Å². The van der Waals surface area contributed by atoms with Crippen LogP contribution in [0.5, 0.6) is 11.5 Å². The molecular weight excluding hydrogens is 378 g/mol. The summed E-state index contributed by atoms with van der Waals surface area (Å²) in [4.78, 5) is 5.83. The fraction of sp³-hybridized carbons (Fsp3) is 0.250. The van der Waals surface area contributed by atoms with E-state index in [1.165, 1.54) is 0 Å². The summed E-state index contributed by atoms with van der Waals surface area (Å²) in [6.45, 7) is 2.97. The zero-order valence-electron chi connectivity index (χ0n) is 17.1. The van der Waals surface area contributed by atoms with Crippen LogP contribution < -0.4 is 19.4 Å². The first-order valence-electron chi connectivity index (χ1n) is 9.85. The second-order valence-electron chi connectivity index (χ2n) is 7.00. The molecule has 0 atom stereocenters. The Bertz CT molecular complexity index is 1130. The number of morpholine rings is 1. The number of H-pyrrole nitrogens is 1. The highest BCUT2D eigenvalue weighted by atomic mass is 16.5. The summed E-state index contributed by atoms with van der Waals surface area (Å²) in [5.41, 5.74) is 3.34. The number of rotatable bonds is 5. The predicted octanol–water partition coefficient (Wildman–Crippen LogP) is 3.57. The maximum atomic E-state index is 9.91. The molecule has 0 saturated carbocycles. The van der Waals surface area contributed by atoms with Crippen molar-refractivity contribution >= 4 is 28.4 Å². The number of pyridine rings is 1. The molecule has 0 radical (unpaired) electrons. The van der Waals surface area contributed by atoms with Crippen molar-refractivity contribution in [2.45, 2.75) is 0 Å². The standard InChI is InChI=1S/C24H23N3O3/c1-28-22-8-7-17(15-23(22)29-2)20(16-25)14-19-13-18-5-3-4-6-21(18)26-24(19)27-9-11-30-12-10-27/h3-8,13-15H,9-12H2,1-2H3/p+1/b20-14-. The fourth-order valence-electron chi connectivity index (χ4n) is 3.67. The van der Waals surface area contributed by atoms with E-state index in [1.54, 1.807) is 14.2 Å². The SMILES string of the molecule is COc1ccc(/C(C#N)=C\c2cc3ccccc3[nH+]c2N2CCOCC2)cc1OC. The monoisotopic (exact) mass is 402 g/mol. The van der Waals surface area contributed by atoms with Crippen LogP contribution in [0, 0.1) is 11.3 Å². The molecule has 30 heavy (non-hydrogen) atoms. The Balaban J connectivity index is 1.84. The number of nitrogens with zero attached hydrogens (tertiary/aromatic N) is 2. The number of allylic oxidation sites excluding steroid dienone is 1. The number of aromatic amines is 1. The lowest BCUT2D eigenvalue weighted by Gasteiger charge is -2.23. The lowest BCUT2D eigenvalue weighted by atomic mass is 10.0. The topological polar surface area (TPSA) is 68.9 Å². The van der Waals surface area contributed by atoms with Crippen LogP contribution in [-0.2, 0) is 4.74 Å². The van der Waals surface area contributed by atoms with Crippen LogP contribution in [0.3, 0.4) is 0 Å². The van der Waals surface area contributed by atoms with E-state index in [9.17, 15) is 5.26 Å². The van der Waals surface area contributed by atoms with Gasteiger partial charge in [-0.25, -0.2) is 4.98 Å². The third-order valence-electron chi connectivity index (χ3n) is 5.24. The molecule has 2 heterocycles. The lowest BCUT2D eigenvalue weighted by Crippen LogP contribution is -2.40. The predicted molar refractivity (Wildman–Crippen MR) is 117 cm³/mol. The number of hydrogen-bond acceptors (Lipinski definition) is 5. The molecule has 0 amide bonds. The molecule has 1 aliphatic heterocycles. The van der Waals surface area contributed by atoms with E-state index >= 15 is 0 Å². The van der Waals surface area contributed by atoms with Crippen molar-refractivity contribution < 1.29 is 19.2 Å². The van der Waals surface area contributed by atoms with Gasteiger partial charge in [-0.2, -0.15) is 5.26 Å². The molecule has 0 unspecified atom stereocenters. The van der Waals surface area contributed by atoms with Gasteiger partial charge in [0.15, 0.2) is 11.5 Å². The molecule has 1 N–H and O–H groups in total. The van der Waals surface area contributed by atoms with Crippen molar-refractivity contribution in [2.75, 3.05) is 45.4 Å². The van der Waals surface area contributed by atoms with Gasteiger partial charge in [0.2, 0.25) is 0 Å². The van der Waals surface area contributed by atoms with Crippen LogP contribution in [0.25, 0.3) is 22.6 Å². The van der Waals surface area contributed by atoms with Gasteiger partial charge < -0.3 is 14.2 Å². The number of anilines is 1. The minimum Gasteiger partial charge on any atom is -0.493 e. The highest BCUT2D eigenvalue weighted by molar-refractivity contribution is 5.93. The molecule has 1 saturated heterocycles. The molecular formula is C24H24N3O3+. The molecule has 0 aliphatic carbocycles. The number of hydrogen-bond donors (Lipinski definition) is 0. The van der Waals surface area contributed by atoms with Crippen LogP contribution >= 0.6 is 0 Å². The summed E-state index contributed by atoms with van der Waals surface area (Å²) in [7, 11) is 3.18. The molecule has 0 bridgehead atoms. The minimum atomic E-state index is 0.550. The van der Waals surface area contributed by atoms with Gasteiger partial charge in [0, 0.05) is 5.39 Å². The highest BCUT2D eigenvalue weighted by Crippen LogP contribution is 2.32. The summed E-state index contributed by atoms with van der Waals surface area (Å²) < 4.78 is 16.2. The molecule has 3 aromatic rings. The lowest BCUT2D eigenvalue weighted by molar-refractivity contribution is -0.331. The minimum absolute atomic E-state index is 0.550. The number of nitrogens with one attached hydrogen (secondary N) is 1. The second kappa shape index (κ2) is 8.85. The number of methoxy groups -OCH3 is 2. The number of nitriles is 1. The molecule has 152 valence electrons. The highest BCUT2D eigenvalue weighted by Gasteiger charge is 2.23. The normalized spacial score (nSPS) is 14.4.